The second kappa shape index (κ2) is 7.10. The van der Waals surface area contributed by atoms with Gasteiger partial charge in [0.15, 0.2) is 0 Å². The van der Waals surface area contributed by atoms with Gasteiger partial charge in [-0.2, -0.15) is 0 Å². The lowest BCUT2D eigenvalue weighted by Gasteiger charge is -2.20. The molecule has 1 saturated carbocycles. The van der Waals surface area contributed by atoms with Gasteiger partial charge in [-0.05, 0) is 32.2 Å². The second-order valence-corrected chi connectivity index (χ2v) is 5.82. The van der Waals surface area contributed by atoms with E-state index >= 15 is 0 Å². The largest absolute Gasteiger partial charge is 0.352 e. The third-order valence-corrected chi connectivity index (χ3v) is 4.23. The van der Waals surface area contributed by atoms with Gasteiger partial charge in [0.25, 0.3) is 0 Å². The molecule has 1 aliphatic heterocycles. The normalized spacial score (nSPS) is 25.7. The van der Waals surface area contributed by atoms with E-state index in [4.69, 9.17) is 0 Å². The maximum atomic E-state index is 11.6. The summed E-state index contributed by atoms with van der Waals surface area (Å²) in [5.74, 6) is 1.11. The van der Waals surface area contributed by atoms with Crippen LogP contribution in [0.3, 0.4) is 0 Å². The molecule has 0 aromatic rings. The minimum absolute atomic E-state index is 0.192. The molecule has 2 aliphatic rings. The molecule has 0 spiro atoms. The summed E-state index contributed by atoms with van der Waals surface area (Å²) in [6.45, 7) is 4.24. The average molecular weight is 253 g/mol. The van der Waals surface area contributed by atoms with Crippen LogP contribution in [0.5, 0.6) is 0 Å². The molecule has 4 heteroatoms. The Morgan fingerprint density at radius 3 is 2.78 bits per heavy atom. The highest BCUT2D eigenvalue weighted by Gasteiger charge is 2.26. The summed E-state index contributed by atoms with van der Waals surface area (Å²) in [5, 5.41) is 6.16. The van der Waals surface area contributed by atoms with Gasteiger partial charge in [0.2, 0.25) is 5.91 Å². The van der Waals surface area contributed by atoms with Gasteiger partial charge in [0.05, 0.1) is 0 Å². The Balaban J connectivity index is 1.63. The monoisotopic (exact) mass is 253 g/mol. The number of carbonyl (C=O) groups excluding carboxylic acids is 1. The molecule has 4 nitrogen and oxygen atoms in total. The smallest absolute Gasteiger partial charge is 0.221 e. The van der Waals surface area contributed by atoms with E-state index in [9.17, 15) is 4.79 Å². The van der Waals surface area contributed by atoms with E-state index in [2.05, 4.69) is 15.5 Å². The van der Waals surface area contributed by atoms with Crippen LogP contribution in [-0.4, -0.2) is 50.1 Å². The third-order valence-electron chi connectivity index (χ3n) is 4.23. The maximum absolute atomic E-state index is 11.6. The van der Waals surface area contributed by atoms with Gasteiger partial charge >= 0.3 is 0 Å². The maximum Gasteiger partial charge on any atom is 0.221 e. The zero-order valence-corrected chi connectivity index (χ0v) is 11.6. The van der Waals surface area contributed by atoms with Crippen LogP contribution >= 0.6 is 0 Å². The summed E-state index contributed by atoms with van der Waals surface area (Å²) in [6, 6.07) is 0.385. The SMILES string of the molecule is CNCCC(=O)NC1CCN(CC2CCCC2)C1. The van der Waals surface area contributed by atoms with Crippen LogP contribution in [0.25, 0.3) is 0 Å². The van der Waals surface area contributed by atoms with Crippen molar-refractivity contribution in [3.63, 3.8) is 0 Å². The molecular weight excluding hydrogens is 226 g/mol. The Hall–Kier alpha value is -0.610. The summed E-state index contributed by atoms with van der Waals surface area (Å²) in [7, 11) is 1.88. The van der Waals surface area contributed by atoms with Crippen molar-refractivity contribution >= 4 is 5.91 Å². The molecule has 2 fully saturated rings. The number of carbonyl (C=O) groups is 1. The summed E-state index contributed by atoms with van der Waals surface area (Å²) < 4.78 is 0. The predicted octanol–water partition coefficient (Wildman–Crippen LogP) is 0.977. The fourth-order valence-electron chi connectivity index (χ4n) is 3.21. The summed E-state index contributed by atoms with van der Waals surface area (Å²) >= 11 is 0. The van der Waals surface area contributed by atoms with Crippen molar-refractivity contribution in [3.8, 4) is 0 Å². The van der Waals surface area contributed by atoms with E-state index in [1.54, 1.807) is 0 Å². The molecule has 104 valence electrons. The van der Waals surface area contributed by atoms with Crippen molar-refractivity contribution in [1.82, 2.24) is 15.5 Å². The number of hydrogen-bond donors (Lipinski definition) is 2. The zero-order chi connectivity index (χ0) is 12.8. The second-order valence-electron chi connectivity index (χ2n) is 5.82. The molecule has 1 unspecified atom stereocenters. The zero-order valence-electron chi connectivity index (χ0n) is 11.6. The number of nitrogens with one attached hydrogen (secondary N) is 2. The van der Waals surface area contributed by atoms with Crippen LogP contribution in [0.2, 0.25) is 0 Å². The van der Waals surface area contributed by atoms with E-state index in [-0.39, 0.29) is 5.91 Å². The quantitative estimate of drug-likeness (QED) is 0.741. The van der Waals surface area contributed by atoms with Crippen LogP contribution < -0.4 is 10.6 Å². The minimum Gasteiger partial charge on any atom is -0.352 e. The first-order valence-corrected chi connectivity index (χ1v) is 7.44. The van der Waals surface area contributed by atoms with Gasteiger partial charge in [-0.1, -0.05) is 12.8 Å². The van der Waals surface area contributed by atoms with E-state index in [1.807, 2.05) is 7.05 Å². The molecule has 0 aromatic carbocycles. The highest BCUT2D eigenvalue weighted by molar-refractivity contribution is 5.76. The molecular formula is C14H27N3O. The Labute approximate surface area is 110 Å². The van der Waals surface area contributed by atoms with Crippen LogP contribution in [0.4, 0.5) is 0 Å². The molecule has 0 radical (unpaired) electrons. The van der Waals surface area contributed by atoms with Gasteiger partial charge in [0.1, 0.15) is 0 Å². The Bertz CT molecular complexity index is 264. The van der Waals surface area contributed by atoms with Gasteiger partial charge < -0.3 is 15.5 Å². The number of nitrogens with zero attached hydrogens (tertiary/aromatic N) is 1. The van der Waals surface area contributed by atoms with E-state index < -0.39 is 0 Å². The summed E-state index contributed by atoms with van der Waals surface area (Å²) in [5.41, 5.74) is 0. The minimum atomic E-state index is 0.192. The molecule has 2 rings (SSSR count). The van der Waals surface area contributed by atoms with Gasteiger partial charge in [0, 0.05) is 38.6 Å². The lowest BCUT2D eigenvalue weighted by molar-refractivity contribution is -0.121. The summed E-state index contributed by atoms with van der Waals surface area (Å²) in [4.78, 5) is 14.2. The Morgan fingerprint density at radius 2 is 2.06 bits per heavy atom. The van der Waals surface area contributed by atoms with E-state index in [0.29, 0.717) is 12.5 Å². The molecule has 0 bridgehead atoms. The van der Waals surface area contributed by atoms with Crippen molar-refractivity contribution in [1.29, 1.82) is 0 Å². The van der Waals surface area contributed by atoms with Crippen LogP contribution in [0.1, 0.15) is 38.5 Å². The van der Waals surface area contributed by atoms with Crippen LogP contribution in [0, 0.1) is 5.92 Å². The molecule has 2 N–H and O–H groups in total. The standard InChI is InChI=1S/C14H27N3O/c1-15-8-6-14(18)16-13-7-9-17(11-13)10-12-4-2-3-5-12/h12-13,15H,2-11H2,1H3,(H,16,18). The van der Waals surface area contributed by atoms with Crippen LogP contribution in [0.15, 0.2) is 0 Å². The molecule has 18 heavy (non-hydrogen) atoms. The van der Waals surface area contributed by atoms with Crippen molar-refractivity contribution in [3.05, 3.63) is 0 Å². The van der Waals surface area contributed by atoms with Gasteiger partial charge in [-0.15, -0.1) is 0 Å². The van der Waals surface area contributed by atoms with Crippen molar-refractivity contribution in [2.75, 3.05) is 33.2 Å². The highest BCUT2D eigenvalue weighted by atomic mass is 16.1. The topological polar surface area (TPSA) is 44.4 Å². The van der Waals surface area contributed by atoms with Crippen molar-refractivity contribution in [2.24, 2.45) is 5.92 Å². The molecule has 1 aliphatic carbocycles. The third kappa shape index (κ3) is 4.25. The fraction of sp³-hybridized carbons (Fsp3) is 0.929. The Kier molecular flexibility index (Phi) is 5.45. The fourth-order valence-corrected chi connectivity index (χ4v) is 3.21. The number of hydrogen-bond acceptors (Lipinski definition) is 3. The van der Waals surface area contributed by atoms with Crippen molar-refractivity contribution < 1.29 is 4.79 Å². The number of amides is 1. The first kappa shape index (κ1) is 13.8. The molecule has 1 amide bonds. The average Bonchev–Trinajstić information content (AvgIpc) is 2.99. The Morgan fingerprint density at radius 1 is 1.28 bits per heavy atom. The van der Waals surface area contributed by atoms with E-state index in [0.717, 1.165) is 32.0 Å². The molecule has 1 saturated heterocycles. The lowest BCUT2D eigenvalue weighted by atomic mass is 10.1. The van der Waals surface area contributed by atoms with Gasteiger partial charge in [-0.25, -0.2) is 0 Å². The number of rotatable bonds is 6. The lowest BCUT2D eigenvalue weighted by Crippen LogP contribution is -2.38. The molecule has 1 heterocycles. The molecule has 0 aromatic heterocycles. The summed E-state index contributed by atoms with van der Waals surface area (Å²) in [6.07, 6.45) is 7.38. The predicted molar refractivity (Wildman–Crippen MR) is 73.5 cm³/mol. The number of likely N-dealkylation sites (tertiary alicyclic amines) is 1. The first-order chi connectivity index (χ1) is 8.78. The molecule has 1 atom stereocenters. The first-order valence-electron chi connectivity index (χ1n) is 7.44. The van der Waals surface area contributed by atoms with E-state index in [1.165, 1.54) is 32.2 Å². The van der Waals surface area contributed by atoms with Gasteiger partial charge in [-0.3, -0.25) is 4.79 Å². The highest BCUT2D eigenvalue weighted by Crippen LogP contribution is 2.26. The van der Waals surface area contributed by atoms with Crippen molar-refractivity contribution in [2.45, 2.75) is 44.6 Å². The van der Waals surface area contributed by atoms with Crippen LogP contribution in [-0.2, 0) is 4.79 Å².